The third-order valence-electron chi connectivity index (χ3n) is 2.76. The Balaban J connectivity index is 3.25. The summed E-state index contributed by atoms with van der Waals surface area (Å²) in [6.45, 7) is 9.40. The van der Waals surface area contributed by atoms with Gasteiger partial charge in [-0.2, -0.15) is 5.48 Å². The maximum atomic E-state index is 11.1. The molecule has 0 aliphatic heterocycles. The topological polar surface area (TPSA) is 58.6 Å². The van der Waals surface area contributed by atoms with Crippen LogP contribution in [0.4, 0.5) is 0 Å². The summed E-state index contributed by atoms with van der Waals surface area (Å²) in [5.41, 5.74) is 3.95. The summed E-state index contributed by atoms with van der Waals surface area (Å²) >= 11 is 0. The van der Waals surface area contributed by atoms with E-state index in [9.17, 15) is 4.79 Å². The van der Waals surface area contributed by atoms with E-state index < -0.39 is 0 Å². The molecule has 4 heteroatoms. The average Bonchev–Trinajstić information content (AvgIpc) is 2.26. The molecule has 0 saturated heterocycles. The highest BCUT2D eigenvalue weighted by Gasteiger charge is 2.21. The Bertz CT molecular complexity index is 435. The van der Waals surface area contributed by atoms with Gasteiger partial charge in [0, 0.05) is 12.5 Å². The zero-order chi connectivity index (χ0) is 13.9. The zero-order valence-electron chi connectivity index (χ0n) is 11.6. The van der Waals surface area contributed by atoms with E-state index in [0.29, 0.717) is 5.75 Å². The van der Waals surface area contributed by atoms with Crippen LogP contribution in [-0.2, 0) is 10.2 Å². The van der Waals surface area contributed by atoms with Gasteiger partial charge in [-0.25, -0.2) is 0 Å². The molecule has 2 N–H and O–H groups in total. The Kier molecular flexibility index (Phi) is 4.48. The van der Waals surface area contributed by atoms with E-state index in [1.54, 1.807) is 6.07 Å². The first-order valence-corrected chi connectivity index (χ1v) is 5.98. The molecule has 0 spiro atoms. The van der Waals surface area contributed by atoms with Crippen molar-refractivity contribution in [2.45, 2.75) is 46.1 Å². The first-order valence-electron chi connectivity index (χ1n) is 5.98. The summed E-state index contributed by atoms with van der Waals surface area (Å²) < 4.78 is 5.22. The Labute approximate surface area is 108 Å². The second-order valence-electron chi connectivity index (χ2n) is 5.45. The Morgan fingerprint density at radius 1 is 1.39 bits per heavy atom. The molecular formula is C14H21NO3. The van der Waals surface area contributed by atoms with Crippen molar-refractivity contribution in [3.63, 3.8) is 0 Å². The Morgan fingerprint density at radius 3 is 2.44 bits per heavy atom. The van der Waals surface area contributed by atoms with Crippen LogP contribution in [0.25, 0.3) is 0 Å². The summed E-state index contributed by atoms with van der Waals surface area (Å²) in [6, 6.07) is 5.39. The quantitative estimate of drug-likeness (QED) is 0.492. The number of hydrogen-bond donors (Lipinski definition) is 2. The zero-order valence-corrected chi connectivity index (χ0v) is 11.6. The maximum absolute atomic E-state index is 11.1. The maximum Gasteiger partial charge on any atom is 0.308 e. The van der Waals surface area contributed by atoms with Crippen LogP contribution in [0.2, 0.25) is 0 Å². The van der Waals surface area contributed by atoms with Crippen LogP contribution in [-0.4, -0.2) is 11.2 Å². The normalized spacial score (nSPS) is 13.2. The minimum absolute atomic E-state index is 0.143. The molecule has 0 radical (unpaired) electrons. The van der Waals surface area contributed by atoms with E-state index in [-0.39, 0.29) is 17.4 Å². The second-order valence-corrected chi connectivity index (χ2v) is 5.45. The molecule has 1 rings (SSSR count). The SMILES string of the molecule is CC(=O)Oc1ccc(C(C)NO)cc1C(C)(C)C. The Morgan fingerprint density at radius 2 is 2.00 bits per heavy atom. The highest BCUT2D eigenvalue weighted by atomic mass is 16.5. The van der Waals surface area contributed by atoms with Crippen LogP contribution in [0.1, 0.15) is 51.8 Å². The number of esters is 1. The predicted octanol–water partition coefficient (Wildman–Crippen LogP) is 2.95. The van der Waals surface area contributed by atoms with Crippen molar-refractivity contribution < 1.29 is 14.7 Å². The number of ether oxygens (including phenoxy) is 1. The number of nitrogens with one attached hydrogen (secondary N) is 1. The van der Waals surface area contributed by atoms with Crippen LogP contribution in [0.5, 0.6) is 5.75 Å². The highest BCUT2D eigenvalue weighted by molar-refractivity contribution is 5.70. The lowest BCUT2D eigenvalue weighted by molar-refractivity contribution is -0.131. The van der Waals surface area contributed by atoms with Crippen LogP contribution in [0, 0.1) is 0 Å². The second kappa shape index (κ2) is 5.50. The monoisotopic (exact) mass is 251 g/mol. The number of hydroxylamine groups is 1. The fourth-order valence-corrected chi connectivity index (χ4v) is 1.72. The molecule has 18 heavy (non-hydrogen) atoms. The van der Waals surface area contributed by atoms with E-state index in [2.05, 4.69) is 26.3 Å². The van der Waals surface area contributed by atoms with Gasteiger partial charge in [-0.15, -0.1) is 0 Å². The average molecular weight is 251 g/mol. The van der Waals surface area contributed by atoms with Crippen LogP contribution in [0.3, 0.4) is 0 Å². The fraction of sp³-hybridized carbons (Fsp3) is 0.500. The lowest BCUT2D eigenvalue weighted by Crippen LogP contribution is -2.18. The van der Waals surface area contributed by atoms with Gasteiger partial charge in [0.05, 0.1) is 6.04 Å². The van der Waals surface area contributed by atoms with Crippen LogP contribution >= 0.6 is 0 Å². The smallest absolute Gasteiger partial charge is 0.308 e. The van der Waals surface area contributed by atoms with Gasteiger partial charge in [-0.3, -0.25) is 4.79 Å². The van der Waals surface area contributed by atoms with Crippen LogP contribution < -0.4 is 10.2 Å². The summed E-state index contributed by atoms with van der Waals surface area (Å²) in [7, 11) is 0. The number of rotatable bonds is 3. The molecule has 0 heterocycles. The standard InChI is InChI=1S/C14H21NO3/c1-9(15-17)11-6-7-13(18-10(2)16)12(8-11)14(3,4)5/h6-9,15,17H,1-5H3. The first kappa shape index (κ1) is 14.7. The minimum atomic E-state index is -0.332. The summed E-state index contributed by atoms with van der Waals surface area (Å²) in [5.74, 6) is 0.241. The molecule has 0 aromatic heterocycles. The van der Waals surface area contributed by atoms with Gasteiger partial charge in [0.25, 0.3) is 0 Å². The first-order chi connectivity index (χ1) is 8.25. The Hall–Kier alpha value is -1.39. The van der Waals surface area contributed by atoms with Crippen molar-refractivity contribution in [1.82, 2.24) is 5.48 Å². The van der Waals surface area contributed by atoms with E-state index in [1.165, 1.54) is 6.92 Å². The molecule has 0 aliphatic rings. The molecule has 0 bridgehead atoms. The largest absolute Gasteiger partial charge is 0.426 e. The van der Waals surface area contributed by atoms with Gasteiger partial charge >= 0.3 is 5.97 Å². The van der Waals surface area contributed by atoms with Crippen molar-refractivity contribution in [1.29, 1.82) is 0 Å². The molecule has 1 atom stereocenters. The van der Waals surface area contributed by atoms with Gasteiger partial charge in [-0.05, 0) is 30.0 Å². The number of benzene rings is 1. The third kappa shape index (κ3) is 3.55. The minimum Gasteiger partial charge on any atom is -0.426 e. The van der Waals surface area contributed by atoms with Gasteiger partial charge in [0.15, 0.2) is 0 Å². The molecule has 0 fully saturated rings. The summed E-state index contributed by atoms with van der Waals surface area (Å²) in [4.78, 5) is 11.1. The molecule has 1 aromatic rings. The molecule has 100 valence electrons. The molecular weight excluding hydrogens is 230 g/mol. The molecule has 4 nitrogen and oxygen atoms in total. The highest BCUT2D eigenvalue weighted by Crippen LogP contribution is 2.33. The summed E-state index contributed by atoms with van der Waals surface area (Å²) in [6.07, 6.45) is 0. The van der Waals surface area contributed by atoms with Crippen molar-refractivity contribution in [3.8, 4) is 5.75 Å². The molecule has 0 saturated carbocycles. The number of hydrogen-bond acceptors (Lipinski definition) is 4. The summed E-state index contributed by atoms with van der Waals surface area (Å²) in [5, 5.41) is 8.96. The number of carbonyl (C=O) groups excluding carboxylic acids is 1. The van der Waals surface area contributed by atoms with Crippen molar-refractivity contribution in [2.24, 2.45) is 0 Å². The van der Waals surface area contributed by atoms with Crippen LogP contribution in [0.15, 0.2) is 18.2 Å². The van der Waals surface area contributed by atoms with E-state index in [4.69, 9.17) is 9.94 Å². The van der Waals surface area contributed by atoms with Gasteiger partial charge in [-0.1, -0.05) is 26.8 Å². The van der Waals surface area contributed by atoms with Gasteiger partial charge in [0.1, 0.15) is 5.75 Å². The van der Waals surface area contributed by atoms with Gasteiger partial charge in [0.2, 0.25) is 0 Å². The van der Waals surface area contributed by atoms with Gasteiger partial charge < -0.3 is 9.94 Å². The lowest BCUT2D eigenvalue weighted by atomic mass is 9.84. The van der Waals surface area contributed by atoms with E-state index >= 15 is 0 Å². The lowest BCUT2D eigenvalue weighted by Gasteiger charge is -2.24. The van der Waals surface area contributed by atoms with E-state index in [1.807, 2.05) is 19.1 Å². The predicted molar refractivity (Wildman–Crippen MR) is 69.8 cm³/mol. The molecule has 1 aromatic carbocycles. The van der Waals surface area contributed by atoms with Crippen molar-refractivity contribution in [2.75, 3.05) is 0 Å². The fourth-order valence-electron chi connectivity index (χ4n) is 1.72. The van der Waals surface area contributed by atoms with Crippen molar-refractivity contribution >= 4 is 5.97 Å². The third-order valence-corrected chi connectivity index (χ3v) is 2.76. The molecule has 0 amide bonds. The number of carbonyl (C=O) groups is 1. The molecule has 0 aliphatic carbocycles. The van der Waals surface area contributed by atoms with E-state index in [0.717, 1.165) is 11.1 Å². The van der Waals surface area contributed by atoms with Crippen molar-refractivity contribution in [3.05, 3.63) is 29.3 Å². The molecule has 1 unspecified atom stereocenters.